The summed E-state index contributed by atoms with van der Waals surface area (Å²) in [5.74, 6) is 0. The lowest BCUT2D eigenvalue weighted by Gasteiger charge is -2.13. The van der Waals surface area contributed by atoms with Gasteiger partial charge in [0.1, 0.15) is 0 Å². The molecule has 0 spiro atoms. The van der Waals surface area contributed by atoms with Gasteiger partial charge in [-0.3, -0.25) is 4.68 Å². The number of nitrogens with two attached hydrogens (primary N) is 1. The van der Waals surface area contributed by atoms with Crippen LogP contribution in [0.2, 0.25) is 0 Å². The van der Waals surface area contributed by atoms with Crippen molar-refractivity contribution in [1.82, 2.24) is 9.78 Å². The largest absolute Gasteiger partial charge is 0.324 e. The first-order chi connectivity index (χ1) is 9.63. The summed E-state index contributed by atoms with van der Waals surface area (Å²) in [5.41, 5.74) is 8.47. The Morgan fingerprint density at radius 2 is 1.80 bits per heavy atom. The molecule has 2 N–H and O–H groups in total. The summed E-state index contributed by atoms with van der Waals surface area (Å²) in [6.45, 7) is 4.40. The maximum atomic E-state index is 6.26. The van der Waals surface area contributed by atoms with E-state index in [1.807, 2.05) is 12.1 Å². The molecule has 0 aliphatic rings. The van der Waals surface area contributed by atoms with Gasteiger partial charge in [0.05, 0.1) is 11.7 Å². The highest BCUT2D eigenvalue weighted by Gasteiger charge is 2.12. The molecule has 108 valence electrons. The molecule has 2 aromatic rings. The fourth-order valence-electron chi connectivity index (χ4n) is 2.41. The van der Waals surface area contributed by atoms with Gasteiger partial charge in [0.15, 0.2) is 0 Å². The molecule has 3 nitrogen and oxygen atoms in total. The topological polar surface area (TPSA) is 43.8 Å². The molecule has 1 atom stereocenters. The average Bonchev–Trinajstić information content (AvgIpc) is 2.89. The minimum absolute atomic E-state index is 0.00634. The SMILES string of the molecule is CCC(CC)n1ccc(CC(N)c2ccc(Br)cc2)n1. The van der Waals surface area contributed by atoms with E-state index >= 15 is 0 Å². The summed E-state index contributed by atoms with van der Waals surface area (Å²) in [7, 11) is 0. The Balaban J connectivity index is 2.04. The van der Waals surface area contributed by atoms with E-state index in [-0.39, 0.29) is 6.04 Å². The first kappa shape index (κ1) is 15.3. The third-order valence-corrected chi connectivity index (χ3v) is 4.24. The van der Waals surface area contributed by atoms with E-state index in [2.05, 4.69) is 64.0 Å². The summed E-state index contributed by atoms with van der Waals surface area (Å²) in [6, 6.07) is 10.7. The number of nitrogens with zero attached hydrogens (tertiary/aromatic N) is 2. The van der Waals surface area contributed by atoms with Gasteiger partial charge in [-0.1, -0.05) is 41.9 Å². The molecule has 0 radical (unpaired) electrons. The summed E-state index contributed by atoms with van der Waals surface area (Å²) in [5, 5.41) is 4.66. The van der Waals surface area contributed by atoms with Crippen LogP contribution >= 0.6 is 15.9 Å². The molecule has 0 bridgehead atoms. The third-order valence-electron chi connectivity index (χ3n) is 3.71. The second-order valence-corrected chi connectivity index (χ2v) is 6.04. The van der Waals surface area contributed by atoms with Gasteiger partial charge in [-0.05, 0) is 36.6 Å². The molecule has 4 heteroatoms. The lowest BCUT2D eigenvalue weighted by molar-refractivity contribution is 0.424. The third kappa shape index (κ3) is 3.70. The van der Waals surface area contributed by atoms with Crippen LogP contribution in [0.25, 0.3) is 0 Å². The van der Waals surface area contributed by atoms with Crippen molar-refractivity contribution in [2.75, 3.05) is 0 Å². The van der Waals surface area contributed by atoms with Gasteiger partial charge in [0, 0.05) is 23.1 Å². The lowest BCUT2D eigenvalue weighted by Crippen LogP contribution is -2.14. The maximum absolute atomic E-state index is 6.26. The van der Waals surface area contributed by atoms with E-state index in [4.69, 9.17) is 5.73 Å². The standard InChI is InChI=1S/C16H22BrN3/c1-3-15(4-2)20-10-9-14(19-20)11-16(18)12-5-7-13(17)8-6-12/h5-10,15-16H,3-4,11,18H2,1-2H3. The van der Waals surface area contributed by atoms with E-state index in [1.54, 1.807) is 0 Å². The van der Waals surface area contributed by atoms with Crippen molar-refractivity contribution in [2.24, 2.45) is 5.73 Å². The average molecular weight is 336 g/mol. The number of aromatic nitrogens is 2. The number of hydrogen-bond donors (Lipinski definition) is 1. The van der Waals surface area contributed by atoms with Crippen LogP contribution in [-0.2, 0) is 6.42 Å². The molecule has 1 unspecified atom stereocenters. The zero-order valence-corrected chi connectivity index (χ0v) is 13.7. The van der Waals surface area contributed by atoms with Crippen molar-refractivity contribution in [3.63, 3.8) is 0 Å². The van der Waals surface area contributed by atoms with E-state index < -0.39 is 0 Å². The number of rotatable bonds is 6. The van der Waals surface area contributed by atoms with Crippen LogP contribution in [0.4, 0.5) is 0 Å². The second-order valence-electron chi connectivity index (χ2n) is 5.12. The van der Waals surface area contributed by atoms with Crippen LogP contribution in [0.3, 0.4) is 0 Å². The highest BCUT2D eigenvalue weighted by Crippen LogP contribution is 2.20. The van der Waals surface area contributed by atoms with Gasteiger partial charge in [-0.25, -0.2) is 0 Å². The Morgan fingerprint density at radius 3 is 2.40 bits per heavy atom. The Bertz CT molecular complexity index is 529. The van der Waals surface area contributed by atoms with Gasteiger partial charge < -0.3 is 5.73 Å². The molecule has 0 amide bonds. The molecule has 0 saturated carbocycles. The van der Waals surface area contributed by atoms with Gasteiger partial charge in [0.2, 0.25) is 0 Å². The maximum Gasteiger partial charge on any atom is 0.0643 e. The van der Waals surface area contributed by atoms with Gasteiger partial charge in [-0.2, -0.15) is 5.10 Å². The number of benzene rings is 1. The van der Waals surface area contributed by atoms with Crippen LogP contribution in [-0.4, -0.2) is 9.78 Å². The van der Waals surface area contributed by atoms with Crippen LogP contribution in [0.1, 0.15) is 50.0 Å². The van der Waals surface area contributed by atoms with Gasteiger partial charge in [-0.15, -0.1) is 0 Å². The minimum Gasteiger partial charge on any atom is -0.324 e. The van der Waals surface area contributed by atoms with Crippen molar-refractivity contribution in [3.05, 3.63) is 52.3 Å². The van der Waals surface area contributed by atoms with Crippen molar-refractivity contribution in [1.29, 1.82) is 0 Å². The quantitative estimate of drug-likeness (QED) is 0.857. The number of hydrogen-bond acceptors (Lipinski definition) is 2. The van der Waals surface area contributed by atoms with Crippen LogP contribution < -0.4 is 5.73 Å². The molecule has 0 saturated heterocycles. The second kappa shape index (κ2) is 7.04. The summed E-state index contributed by atoms with van der Waals surface area (Å²) in [4.78, 5) is 0. The van der Waals surface area contributed by atoms with Crippen molar-refractivity contribution < 1.29 is 0 Å². The first-order valence-corrected chi connectivity index (χ1v) is 7.98. The summed E-state index contributed by atoms with van der Waals surface area (Å²) in [6.07, 6.45) is 5.06. The first-order valence-electron chi connectivity index (χ1n) is 7.19. The normalized spacial score (nSPS) is 12.8. The minimum atomic E-state index is -0.00634. The molecule has 1 heterocycles. The Labute approximate surface area is 129 Å². The van der Waals surface area contributed by atoms with Crippen molar-refractivity contribution in [2.45, 2.75) is 45.2 Å². The molecule has 0 aliphatic carbocycles. The lowest BCUT2D eigenvalue weighted by atomic mass is 10.0. The summed E-state index contributed by atoms with van der Waals surface area (Å²) >= 11 is 3.44. The van der Waals surface area contributed by atoms with E-state index in [1.165, 1.54) is 0 Å². The Kier molecular flexibility index (Phi) is 5.38. The van der Waals surface area contributed by atoms with Crippen molar-refractivity contribution >= 4 is 15.9 Å². The predicted molar refractivity (Wildman–Crippen MR) is 86.6 cm³/mol. The van der Waals surface area contributed by atoms with E-state index in [0.29, 0.717) is 6.04 Å². The smallest absolute Gasteiger partial charge is 0.0643 e. The predicted octanol–water partition coefficient (Wildman–Crippen LogP) is 4.25. The molecule has 0 aliphatic heterocycles. The fraction of sp³-hybridized carbons (Fsp3) is 0.438. The molecule has 20 heavy (non-hydrogen) atoms. The monoisotopic (exact) mass is 335 g/mol. The fourth-order valence-corrected chi connectivity index (χ4v) is 2.67. The van der Waals surface area contributed by atoms with E-state index in [0.717, 1.165) is 35.0 Å². The van der Waals surface area contributed by atoms with Crippen LogP contribution in [0, 0.1) is 0 Å². The molecule has 1 aromatic heterocycles. The highest BCUT2D eigenvalue weighted by atomic mass is 79.9. The molecular formula is C16H22BrN3. The zero-order valence-electron chi connectivity index (χ0n) is 12.1. The molecule has 0 fully saturated rings. The Hall–Kier alpha value is -1.13. The number of halogens is 1. The van der Waals surface area contributed by atoms with Crippen LogP contribution in [0.5, 0.6) is 0 Å². The zero-order chi connectivity index (χ0) is 14.5. The summed E-state index contributed by atoms with van der Waals surface area (Å²) < 4.78 is 3.15. The van der Waals surface area contributed by atoms with Crippen molar-refractivity contribution in [3.8, 4) is 0 Å². The van der Waals surface area contributed by atoms with E-state index in [9.17, 15) is 0 Å². The molecular weight excluding hydrogens is 314 g/mol. The van der Waals surface area contributed by atoms with Gasteiger partial charge >= 0.3 is 0 Å². The van der Waals surface area contributed by atoms with Gasteiger partial charge in [0.25, 0.3) is 0 Å². The molecule has 2 rings (SSSR count). The van der Waals surface area contributed by atoms with Crippen LogP contribution in [0.15, 0.2) is 41.0 Å². The highest BCUT2D eigenvalue weighted by molar-refractivity contribution is 9.10. The Morgan fingerprint density at radius 1 is 1.15 bits per heavy atom. The molecule has 1 aromatic carbocycles.